The summed E-state index contributed by atoms with van der Waals surface area (Å²) in [5, 5.41) is 0.994. The maximum atomic E-state index is 13.5. The molecule has 0 aliphatic rings. The molecule has 27 heavy (non-hydrogen) atoms. The van der Waals surface area contributed by atoms with Crippen LogP contribution in [-0.4, -0.2) is 22.5 Å². The minimum absolute atomic E-state index is 0.224. The third kappa shape index (κ3) is 4.30. The number of halogens is 1. The van der Waals surface area contributed by atoms with Crippen molar-refractivity contribution in [3.63, 3.8) is 0 Å². The molecule has 0 amide bonds. The van der Waals surface area contributed by atoms with Crippen molar-refractivity contribution in [1.82, 2.24) is 4.57 Å². The SMILES string of the molecule is Cn1cc(C[C@H](N)C(=O)OC(=O)C=Cc2ccccc2F)c2ccccc21. The van der Waals surface area contributed by atoms with Crippen LogP contribution in [0.25, 0.3) is 17.0 Å². The number of nitrogens with two attached hydrogens (primary N) is 1. The van der Waals surface area contributed by atoms with E-state index in [2.05, 4.69) is 0 Å². The van der Waals surface area contributed by atoms with E-state index < -0.39 is 23.8 Å². The van der Waals surface area contributed by atoms with Gasteiger partial charge in [0.1, 0.15) is 11.9 Å². The summed E-state index contributed by atoms with van der Waals surface area (Å²) in [4.78, 5) is 23.9. The van der Waals surface area contributed by atoms with Gasteiger partial charge in [-0.25, -0.2) is 14.0 Å². The van der Waals surface area contributed by atoms with Gasteiger partial charge >= 0.3 is 11.9 Å². The number of hydrogen-bond donors (Lipinski definition) is 1. The van der Waals surface area contributed by atoms with Crippen molar-refractivity contribution in [2.24, 2.45) is 12.8 Å². The van der Waals surface area contributed by atoms with Crippen molar-refractivity contribution in [2.45, 2.75) is 12.5 Å². The smallest absolute Gasteiger partial charge is 0.338 e. The van der Waals surface area contributed by atoms with Crippen LogP contribution in [0, 0.1) is 5.82 Å². The lowest BCUT2D eigenvalue weighted by Crippen LogP contribution is -2.35. The van der Waals surface area contributed by atoms with Crippen LogP contribution >= 0.6 is 0 Å². The fourth-order valence-electron chi connectivity index (χ4n) is 2.89. The van der Waals surface area contributed by atoms with Crippen LogP contribution in [0.2, 0.25) is 0 Å². The molecule has 3 aromatic rings. The maximum absolute atomic E-state index is 13.5. The molecule has 0 fully saturated rings. The van der Waals surface area contributed by atoms with E-state index in [0.29, 0.717) is 0 Å². The lowest BCUT2D eigenvalue weighted by molar-refractivity contribution is -0.157. The van der Waals surface area contributed by atoms with Gasteiger partial charge in [0.2, 0.25) is 0 Å². The molecule has 6 heteroatoms. The largest absolute Gasteiger partial charge is 0.389 e. The summed E-state index contributed by atoms with van der Waals surface area (Å²) in [5.41, 5.74) is 8.05. The summed E-state index contributed by atoms with van der Waals surface area (Å²) >= 11 is 0. The summed E-state index contributed by atoms with van der Waals surface area (Å²) in [6.45, 7) is 0. The lowest BCUT2D eigenvalue weighted by atomic mass is 10.1. The van der Waals surface area contributed by atoms with Crippen LogP contribution in [0.5, 0.6) is 0 Å². The van der Waals surface area contributed by atoms with Crippen molar-refractivity contribution < 1.29 is 18.7 Å². The topological polar surface area (TPSA) is 74.3 Å². The fourth-order valence-corrected chi connectivity index (χ4v) is 2.89. The number of nitrogens with zero attached hydrogens (tertiary/aromatic N) is 1. The molecule has 0 aliphatic heterocycles. The first-order valence-corrected chi connectivity index (χ1v) is 8.42. The van der Waals surface area contributed by atoms with Gasteiger partial charge in [-0.1, -0.05) is 36.4 Å². The molecule has 138 valence electrons. The van der Waals surface area contributed by atoms with Crippen molar-refractivity contribution in [1.29, 1.82) is 0 Å². The van der Waals surface area contributed by atoms with Gasteiger partial charge < -0.3 is 15.0 Å². The van der Waals surface area contributed by atoms with Gasteiger partial charge in [-0.15, -0.1) is 0 Å². The standard InChI is InChI=1S/C21H19FN2O3/c1-24-13-15(16-7-3-5-9-19(16)24)12-18(23)21(26)27-20(25)11-10-14-6-2-4-8-17(14)22/h2-11,13,18H,12,23H2,1H3/t18-/m0/s1. The molecule has 0 spiro atoms. The van der Waals surface area contributed by atoms with Crippen LogP contribution in [0.15, 0.2) is 60.8 Å². The lowest BCUT2D eigenvalue weighted by Gasteiger charge is -2.09. The van der Waals surface area contributed by atoms with Gasteiger partial charge in [0, 0.05) is 42.2 Å². The normalized spacial score (nSPS) is 12.4. The zero-order chi connectivity index (χ0) is 19.4. The molecule has 0 saturated carbocycles. The highest BCUT2D eigenvalue weighted by molar-refractivity contribution is 5.96. The number of rotatable bonds is 5. The molecule has 5 nitrogen and oxygen atoms in total. The van der Waals surface area contributed by atoms with E-state index in [-0.39, 0.29) is 12.0 Å². The minimum Gasteiger partial charge on any atom is -0.389 e. The number of aryl methyl sites for hydroxylation is 1. The number of fused-ring (bicyclic) bond motifs is 1. The fraction of sp³-hybridized carbons (Fsp3) is 0.143. The highest BCUT2D eigenvalue weighted by atomic mass is 19.1. The van der Waals surface area contributed by atoms with Crippen molar-refractivity contribution >= 4 is 28.9 Å². The summed E-state index contributed by atoms with van der Waals surface area (Å²) < 4.78 is 20.2. The van der Waals surface area contributed by atoms with Crippen LogP contribution in [0.3, 0.4) is 0 Å². The Morgan fingerprint density at radius 2 is 1.89 bits per heavy atom. The zero-order valence-corrected chi connectivity index (χ0v) is 14.8. The number of benzene rings is 2. The summed E-state index contributed by atoms with van der Waals surface area (Å²) in [7, 11) is 1.91. The first-order chi connectivity index (χ1) is 13.0. The Balaban J connectivity index is 1.63. The Labute approximate surface area is 155 Å². The number of carbonyl (C=O) groups is 2. The molecule has 0 aliphatic carbocycles. The number of ether oxygens (including phenoxy) is 1. The molecule has 2 N–H and O–H groups in total. The van der Waals surface area contributed by atoms with Crippen molar-refractivity contribution in [3.05, 3.63) is 77.7 Å². The highest BCUT2D eigenvalue weighted by Crippen LogP contribution is 2.21. The third-order valence-electron chi connectivity index (χ3n) is 4.23. The molecular weight excluding hydrogens is 347 g/mol. The Hall–Kier alpha value is -3.25. The first-order valence-electron chi connectivity index (χ1n) is 8.42. The average Bonchev–Trinajstić information content (AvgIpc) is 2.97. The molecule has 3 rings (SSSR count). The number of esters is 2. The summed E-state index contributed by atoms with van der Waals surface area (Å²) in [5.74, 6) is -2.19. The van der Waals surface area contributed by atoms with E-state index in [0.717, 1.165) is 22.5 Å². The summed E-state index contributed by atoms with van der Waals surface area (Å²) in [6.07, 6.45) is 4.39. The monoisotopic (exact) mass is 366 g/mol. The van der Waals surface area contributed by atoms with Crippen molar-refractivity contribution in [2.75, 3.05) is 0 Å². The van der Waals surface area contributed by atoms with Gasteiger partial charge in [0.05, 0.1) is 0 Å². The molecule has 1 aromatic heterocycles. The molecule has 0 radical (unpaired) electrons. The van der Waals surface area contributed by atoms with Crippen LogP contribution < -0.4 is 5.73 Å². The van der Waals surface area contributed by atoms with E-state index in [4.69, 9.17) is 10.5 Å². The number of hydrogen-bond acceptors (Lipinski definition) is 4. The van der Waals surface area contributed by atoms with E-state index in [9.17, 15) is 14.0 Å². The Morgan fingerprint density at radius 1 is 1.19 bits per heavy atom. The minimum atomic E-state index is -0.985. The van der Waals surface area contributed by atoms with Crippen LogP contribution in [0.1, 0.15) is 11.1 Å². The number of carbonyl (C=O) groups excluding carboxylic acids is 2. The average molecular weight is 366 g/mol. The second-order valence-electron chi connectivity index (χ2n) is 6.19. The van der Waals surface area contributed by atoms with Crippen LogP contribution in [-0.2, 0) is 27.8 Å². The maximum Gasteiger partial charge on any atom is 0.338 e. The molecule has 1 heterocycles. The van der Waals surface area contributed by atoms with E-state index in [1.807, 2.05) is 42.1 Å². The Morgan fingerprint density at radius 3 is 2.67 bits per heavy atom. The number of para-hydroxylation sites is 1. The van der Waals surface area contributed by atoms with Gasteiger partial charge in [-0.05, 0) is 23.8 Å². The van der Waals surface area contributed by atoms with Crippen molar-refractivity contribution in [3.8, 4) is 0 Å². The van der Waals surface area contributed by atoms with E-state index in [1.54, 1.807) is 12.1 Å². The predicted molar refractivity (Wildman–Crippen MR) is 101 cm³/mol. The Bertz CT molecular complexity index is 1020. The quantitative estimate of drug-likeness (QED) is 0.428. The molecular formula is C21H19FN2O3. The predicted octanol–water partition coefficient (Wildman–Crippen LogP) is 2.97. The second kappa shape index (κ2) is 7.97. The van der Waals surface area contributed by atoms with Gasteiger partial charge in [0.15, 0.2) is 0 Å². The molecule has 1 atom stereocenters. The van der Waals surface area contributed by atoms with Gasteiger partial charge in [-0.2, -0.15) is 0 Å². The second-order valence-corrected chi connectivity index (χ2v) is 6.19. The molecule has 0 bridgehead atoms. The first kappa shape index (κ1) is 18.5. The molecule has 0 saturated heterocycles. The Kier molecular flexibility index (Phi) is 5.47. The highest BCUT2D eigenvalue weighted by Gasteiger charge is 2.20. The van der Waals surface area contributed by atoms with Gasteiger partial charge in [-0.3, -0.25) is 0 Å². The summed E-state index contributed by atoms with van der Waals surface area (Å²) in [6, 6.07) is 12.7. The molecule has 0 unspecified atom stereocenters. The molecule has 2 aromatic carbocycles. The third-order valence-corrected chi connectivity index (χ3v) is 4.23. The van der Waals surface area contributed by atoms with Crippen LogP contribution in [0.4, 0.5) is 4.39 Å². The van der Waals surface area contributed by atoms with E-state index >= 15 is 0 Å². The van der Waals surface area contributed by atoms with Gasteiger partial charge in [0.25, 0.3) is 0 Å². The number of aromatic nitrogens is 1. The van der Waals surface area contributed by atoms with E-state index in [1.165, 1.54) is 18.2 Å². The zero-order valence-electron chi connectivity index (χ0n) is 14.8.